The molecule has 2 aromatic rings. The predicted molar refractivity (Wildman–Crippen MR) is 98.9 cm³/mol. The van der Waals surface area contributed by atoms with Crippen LogP contribution in [0.25, 0.3) is 10.9 Å². The molecular formula is C17H23N3O8. The third-order valence-corrected chi connectivity index (χ3v) is 3.44. The molecule has 1 aromatic carbocycles. The lowest BCUT2D eigenvalue weighted by molar-refractivity contribution is -0.159. The Balaban J connectivity index is 0.000000568. The van der Waals surface area contributed by atoms with E-state index in [0.717, 1.165) is 13.0 Å². The lowest BCUT2D eigenvalue weighted by Gasteiger charge is -2.09. The van der Waals surface area contributed by atoms with Crippen molar-refractivity contribution in [2.75, 3.05) is 34.5 Å². The van der Waals surface area contributed by atoms with E-state index < -0.39 is 11.9 Å². The summed E-state index contributed by atoms with van der Waals surface area (Å²) in [6.07, 6.45) is 0.902. The fourth-order valence-corrected chi connectivity index (χ4v) is 2.15. The molecule has 0 aliphatic carbocycles. The number of methoxy groups -OCH3 is 3. The molecule has 0 radical (unpaired) electrons. The van der Waals surface area contributed by atoms with E-state index in [1.54, 1.807) is 26.4 Å². The third kappa shape index (κ3) is 6.85. The molecule has 0 atom stereocenters. The lowest BCUT2D eigenvalue weighted by Crippen LogP contribution is -2.21. The number of aromatic nitrogens is 2. The number of carboxylic acids is 2. The van der Waals surface area contributed by atoms with E-state index in [0.29, 0.717) is 41.4 Å². The van der Waals surface area contributed by atoms with Gasteiger partial charge in [0.15, 0.2) is 11.5 Å². The van der Waals surface area contributed by atoms with Crippen molar-refractivity contribution in [2.24, 2.45) is 0 Å². The van der Waals surface area contributed by atoms with Crippen LogP contribution >= 0.6 is 0 Å². The van der Waals surface area contributed by atoms with E-state index in [2.05, 4.69) is 15.3 Å². The molecule has 0 bridgehead atoms. The molecular weight excluding hydrogens is 374 g/mol. The van der Waals surface area contributed by atoms with Gasteiger partial charge < -0.3 is 34.7 Å². The van der Waals surface area contributed by atoms with Crippen molar-refractivity contribution >= 4 is 22.8 Å². The van der Waals surface area contributed by atoms with Gasteiger partial charge in [-0.3, -0.25) is 4.79 Å². The first-order valence-corrected chi connectivity index (χ1v) is 8.14. The average molecular weight is 397 g/mol. The molecule has 1 heterocycles. The quantitative estimate of drug-likeness (QED) is 0.358. The number of aliphatic carboxylic acids is 2. The van der Waals surface area contributed by atoms with Gasteiger partial charge in [-0.1, -0.05) is 0 Å². The van der Waals surface area contributed by atoms with Crippen LogP contribution in [0, 0.1) is 0 Å². The normalized spacial score (nSPS) is 10.1. The highest BCUT2D eigenvalue weighted by molar-refractivity contribution is 6.27. The van der Waals surface area contributed by atoms with Gasteiger partial charge in [0.1, 0.15) is 5.82 Å². The van der Waals surface area contributed by atoms with Crippen molar-refractivity contribution in [3.05, 3.63) is 28.3 Å². The minimum absolute atomic E-state index is 0.195. The molecule has 0 fully saturated rings. The smallest absolute Gasteiger partial charge is 0.414 e. The van der Waals surface area contributed by atoms with Crippen LogP contribution in [0.5, 0.6) is 11.5 Å². The van der Waals surface area contributed by atoms with Crippen molar-refractivity contribution < 1.29 is 34.0 Å². The maximum Gasteiger partial charge on any atom is 0.414 e. The molecule has 0 saturated carbocycles. The largest absolute Gasteiger partial charge is 0.493 e. The van der Waals surface area contributed by atoms with Crippen LogP contribution in [0.2, 0.25) is 0 Å². The van der Waals surface area contributed by atoms with Crippen LogP contribution < -0.4 is 20.3 Å². The molecule has 11 nitrogen and oxygen atoms in total. The first-order valence-electron chi connectivity index (χ1n) is 8.14. The molecule has 28 heavy (non-hydrogen) atoms. The summed E-state index contributed by atoms with van der Waals surface area (Å²) in [5.41, 5.74) is 0.384. The number of aromatic amines is 1. The fourth-order valence-electron chi connectivity index (χ4n) is 2.15. The second-order valence-corrected chi connectivity index (χ2v) is 5.37. The van der Waals surface area contributed by atoms with Crippen molar-refractivity contribution in [3.63, 3.8) is 0 Å². The zero-order valence-corrected chi connectivity index (χ0v) is 15.8. The van der Waals surface area contributed by atoms with Crippen LogP contribution in [0.15, 0.2) is 16.9 Å². The molecule has 2 rings (SSSR count). The Labute approximate surface area is 160 Å². The number of hydrogen-bond donors (Lipinski definition) is 4. The number of nitrogens with one attached hydrogen (secondary N) is 2. The maximum absolute atomic E-state index is 12.2. The molecule has 0 unspecified atom stereocenters. The van der Waals surface area contributed by atoms with Gasteiger partial charge >= 0.3 is 11.9 Å². The van der Waals surface area contributed by atoms with Gasteiger partial charge in [-0.05, 0) is 19.0 Å². The first-order chi connectivity index (χ1) is 13.3. The van der Waals surface area contributed by atoms with Crippen LogP contribution in [-0.4, -0.2) is 66.6 Å². The predicted octanol–water partition coefficient (Wildman–Crippen LogP) is 0.222. The number of carbonyl (C=O) groups is 2. The van der Waals surface area contributed by atoms with Gasteiger partial charge in [0, 0.05) is 19.8 Å². The van der Waals surface area contributed by atoms with Crippen molar-refractivity contribution in [1.29, 1.82) is 0 Å². The van der Waals surface area contributed by atoms with Crippen LogP contribution in [0.3, 0.4) is 0 Å². The van der Waals surface area contributed by atoms with Crippen LogP contribution in [-0.2, 0) is 20.9 Å². The Morgan fingerprint density at radius 3 is 2.25 bits per heavy atom. The van der Waals surface area contributed by atoms with Gasteiger partial charge in [0.05, 0.1) is 31.7 Å². The molecule has 0 saturated heterocycles. The van der Waals surface area contributed by atoms with Crippen LogP contribution in [0.4, 0.5) is 0 Å². The molecule has 0 aliphatic rings. The van der Waals surface area contributed by atoms with E-state index in [-0.39, 0.29) is 5.56 Å². The summed E-state index contributed by atoms with van der Waals surface area (Å²) in [7, 11) is 4.75. The Bertz CT molecular complexity index is 853. The summed E-state index contributed by atoms with van der Waals surface area (Å²) in [4.78, 5) is 37.6. The number of hydrogen-bond acceptors (Lipinski definition) is 8. The van der Waals surface area contributed by atoms with Gasteiger partial charge in [0.25, 0.3) is 5.56 Å². The lowest BCUT2D eigenvalue weighted by atomic mass is 10.2. The zero-order valence-electron chi connectivity index (χ0n) is 15.8. The van der Waals surface area contributed by atoms with Crippen molar-refractivity contribution in [3.8, 4) is 11.5 Å². The van der Waals surface area contributed by atoms with E-state index in [4.69, 9.17) is 34.0 Å². The Morgan fingerprint density at radius 1 is 1.11 bits per heavy atom. The molecule has 0 spiro atoms. The average Bonchev–Trinajstić information content (AvgIpc) is 2.67. The standard InChI is InChI=1S/C15H21N3O4.C2H2O4/c1-20-6-4-5-16-9-14-17-11-8-13(22-3)12(21-2)7-10(11)15(19)18-14;3-1(4)2(5)6/h7-8,16H,4-6,9H2,1-3H3,(H,17,18,19);(H,3,4)(H,5,6). The summed E-state index contributed by atoms with van der Waals surface area (Å²) >= 11 is 0. The van der Waals surface area contributed by atoms with Crippen LogP contribution in [0.1, 0.15) is 12.2 Å². The number of ether oxygens (including phenoxy) is 3. The Morgan fingerprint density at radius 2 is 1.71 bits per heavy atom. The monoisotopic (exact) mass is 397 g/mol. The van der Waals surface area contributed by atoms with E-state index >= 15 is 0 Å². The Kier molecular flexibility index (Phi) is 9.40. The highest BCUT2D eigenvalue weighted by Crippen LogP contribution is 2.29. The van der Waals surface area contributed by atoms with Gasteiger partial charge in [-0.25, -0.2) is 14.6 Å². The summed E-state index contributed by atoms with van der Waals surface area (Å²) in [6.45, 7) is 1.98. The minimum atomic E-state index is -1.82. The number of rotatable bonds is 8. The van der Waals surface area contributed by atoms with E-state index in [1.807, 2.05) is 0 Å². The number of H-pyrrole nitrogens is 1. The number of benzene rings is 1. The highest BCUT2D eigenvalue weighted by atomic mass is 16.5. The number of nitrogens with zero attached hydrogens (tertiary/aromatic N) is 1. The molecule has 154 valence electrons. The molecule has 0 aliphatic heterocycles. The Hall–Kier alpha value is -3.18. The van der Waals surface area contributed by atoms with Gasteiger partial charge in [-0.2, -0.15) is 0 Å². The molecule has 11 heteroatoms. The second-order valence-electron chi connectivity index (χ2n) is 5.37. The fraction of sp³-hybridized carbons (Fsp3) is 0.412. The maximum atomic E-state index is 12.2. The molecule has 0 amide bonds. The van der Waals surface area contributed by atoms with Gasteiger partial charge in [-0.15, -0.1) is 0 Å². The van der Waals surface area contributed by atoms with E-state index in [1.165, 1.54) is 7.11 Å². The summed E-state index contributed by atoms with van der Waals surface area (Å²) < 4.78 is 15.4. The van der Waals surface area contributed by atoms with Crippen molar-refractivity contribution in [2.45, 2.75) is 13.0 Å². The zero-order chi connectivity index (χ0) is 21.1. The topological polar surface area (TPSA) is 160 Å². The number of fused-ring (bicyclic) bond motifs is 1. The van der Waals surface area contributed by atoms with Crippen molar-refractivity contribution in [1.82, 2.24) is 15.3 Å². The summed E-state index contributed by atoms with van der Waals surface area (Å²) in [5, 5.41) is 18.5. The molecule has 1 aromatic heterocycles. The van der Waals surface area contributed by atoms with E-state index in [9.17, 15) is 4.79 Å². The summed E-state index contributed by atoms with van der Waals surface area (Å²) in [5.74, 6) is -2.01. The second kappa shape index (κ2) is 11.5. The first kappa shape index (κ1) is 22.9. The highest BCUT2D eigenvalue weighted by Gasteiger charge is 2.10. The SMILES string of the molecule is COCCCNCc1nc2cc(OC)c(OC)cc2c(=O)[nH]1.O=C(O)C(=O)O. The minimum Gasteiger partial charge on any atom is -0.493 e. The third-order valence-electron chi connectivity index (χ3n) is 3.44. The number of carboxylic acid groups (broad SMARTS) is 2. The molecule has 4 N–H and O–H groups in total. The van der Waals surface area contributed by atoms with Gasteiger partial charge in [0.2, 0.25) is 0 Å². The summed E-state index contributed by atoms with van der Waals surface area (Å²) in [6, 6.07) is 3.34.